The molecule has 28 heavy (non-hydrogen) atoms. The molecule has 0 atom stereocenters. The van der Waals surface area contributed by atoms with Gasteiger partial charge in [-0.1, -0.05) is 0 Å². The molecule has 0 bridgehead atoms. The third-order valence-electron chi connectivity index (χ3n) is 4.76. The largest absolute Gasteiger partial charge is 0.495 e. The van der Waals surface area contributed by atoms with Crippen LogP contribution in [0.4, 0.5) is 5.69 Å². The molecule has 0 radical (unpaired) electrons. The van der Waals surface area contributed by atoms with Gasteiger partial charge in [-0.05, 0) is 43.5 Å². The van der Waals surface area contributed by atoms with Gasteiger partial charge in [0.25, 0.3) is 5.69 Å². The predicted molar refractivity (Wildman–Crippen MR) is 100 cm³/mol. The Bertz CT molecular complexity index is 1180. The number of aryl methyl sites for hydroxylation is 2. The first-order valence-corrected chi connectivity index (χ1v) is 10.1. The normalized spacial score (nSPS) is 13.9. The Kier molecular flexibility index (Phi) is 4.46. The van der Waals surface area contributed by atoms with E-state index in [1.807, 2.05) is 0 Å². The highest BCUT2D eigenvalue weighted by molar-refractivity contribution is 7.87. The highest BCUT2D eigenvalue weighted by Gasteiger charge is 2.26. The van der Waals surface area contributed by atoms with Crippen LogP contribution in [0.15, 0.2) is 45.7 Å². The number of nitrogens with zero attached hydrogens (tertiary/aromatic N) is 1. The molecule has 1 heterocycles. The third-order valence-corrected chi connectivity index (χ3v) is 6.03. The van der Waals surface area contributed by atoms with Crippen LogP contribution < -0.4 is 8.92 Å². The highest BCUT2D eigenvalue weighted by Crippen LogP contribution is 2.35. The second-order valence-corrected chi connectivity index (χ2v) is 8.01. The first-order chi connectivity index (χ1) is 13.4. The molecule has 0 N–H and O–H groups in total. The van der Waals surface area contributed by atoms with E-state index in [0.29, 0.717) is 5.58 Å². The summed E-state index contributed by atoms with van der Waals surface area (Å²) in [4.78, 5) is 9.93. The SMILES string of the molecule is COc1ccc([N+](=O)[O-])cc1S(=O)(=O)Oc1ccc2oc3c(c2c1)CCCC3. The van der Waals surface area contributed by atoms with E-state index in [-0.39, 0.29) is 17.2 Å². The summed E-state index contributed by atoms with van der Waals surface area (Å²) >= 11 is 0. The number of non-ortho nitro benzene ring substituents is 1. The number of fused-ring (bicyclic) bond motifs is 3. The van der Waals surface area contributed by atoms with Crippen LogP contribution in [-0.2, 0) is 23.0 Å². The Morgan fingerprint density at radius 3 is 2.64 bits per heavy atom. The van der Waals surface area contributed by atoms with Gasteiger partial charge in [-0.15, -0.1) is 0 Å². The van der Waals surface area contributed by atoms with Gasteiger partial charge in [-0.2, -0.15) is 8.42 Å². The van der Waals surface area contributed by atoms with Crippen LogP contribution in [0.1, 0.15) is 24.2 Å². The van der Waals surface area contributed by atoms with Crippen molar-refractivity contribution < 1.29 is 26.7 Å². The van der Waals surface area contributed by atoms with Gasteiger partial charge in [0, 0.05) is 29.5 Å². The fourth-order valence-electron chi connectivity index (χ4n) is 3.44. The van der Waals surface area contributed by atoms with Crippen molar-refractivity contribution in [3.63, 3.8) is 0 Å². The van der Waals surface area contributed by atoms with Crippen LogP contribution in [0.5, 0.6) is 11.5 Å². The maximum Gasteiger partial charge on any atom is 0.343 e. The maximum atomic E-state index is 12.8. The minimum atomic E-state index is -4.35. The van der Waals surface area contributed by atoms with E-state index in [1.54, 1.807) is 12.1 Å². The Labute approximate surface area is 160 Å². The van der Waals surface area contributed by atoms with Crippen LogP contribution in [0.25, 0.3) is 11.0 Å². The predicted octanol–water partition coefficient (Wildman–Crippen LogP) is 4.00. The molecule has 0 unspecified atom stereocenters. The number of hydrogen-bond donors (Lipinski definition) is 0. The zero-order valence-corrected chi connectivity index (χ0v) is 15.8. The molecule has 8 nitrogen and oxygen atoms in total. The first kappa shape index (κ1) is 18.3. The zero-order chi connectivity index (χ0) is 19.9. The number of methoxy groups -OCH3 is 1. The lowest BCUT2D eigenvalue weighted by Gasteiger charge is -2.11. The molecule has 3 aromatic rings. The number of ether oxygens (including phenoxy) is 1. The van der Waals surface area contributed by atoms with E-state index in [1.165, 1.54) is 25.3 Å². The molecule has 9 heteroatoms. The molecule has 146 valence electrons. The molecule has 2 aromatic carbocycles. The van der Waals surface area contributed by atoms with Crippen molar-refractivity contribution in [2.24, 2.45) is 0 Å². The summed E-state index contributed by atoms with van der Waals surface area (Å²) in [7, 11) is -3.06. The number of nitro benzene ring substituents is 1. The summed E-state index contributed by atoms with van der Waals surface area (Å²) in [6.45, 7) is 0. The molecule has 4 rings (SSSR count). The second kappa shape index (κ2) is 6.83. The minimum Gasteiger partial charge on any atom is -0.495 e. The van der Waals surface area contributed by atoms with E-state index in [2.05, 4.69) is 0 Å². The molecule has 0 fully saturated rings. The molecule has 0 amide bonds. The maximum absolute atomic E-state index is 12.8. The van der Waals surface area contributed by atoms with Crippen LogP contribution >= 0.6 is 0 Å². The minimum absolute atomic E-state index is 0.0348. The van der Waals surface area contributed by atoms with Crippen molar-refractivity contribution in [1.82, 2.24) is 0 Å². The molecular weight excluding hydrogens is 386 g/mol. The van der Waals surface area contributed by atoms with Crippen molar-refractivity contribution in [2.45, 2.75) is 30.6 Å². The summed E-state index contributed by atoms with van der Waals surface area (Å²) in [5.41, 5.74) is 1.39. The van der Waals surface area contributed by atoms with Crippen LogP contribution in [0.2, 0.25) is 0 Å². The fraction of sp³-hybridized carbons (Fsp3) is 0.263. The van der Waals surface area contributed by atoms with E-state index in [4.69, 9.17) is 13.3 Å². The highest BCUT2D eigenvalue weighted by atomic mass is 32.2. The van der Waals surface area contributed by atoms with Gasteiger partial charge in [0.05, 0.1) is 12.0 Å². The zero-order valence-electron chi connectivity index (χ0n) is 15.0. The van der Waals surface area contributed by atoms with Gasteiger partial charge in [0.2, 0.25) is 0 Å². The summed E-state index contributed by atoms with van der Waals surface area (Å²) in [6, 6.07) is 8.12. The van der Waals surface area contributed by atoms with Crippen LogP contribution in [0, 0.1) is 10.1 Å². The van der Waals surface area contributed by atoms with E-state index >= 15 is 0 Å². The Hall–Kier alpha value is -3.07. The number of nitro groups is 1. The number of hydrogen-bond acceptors (Lipinski definition) is 7. The van der Waals surface area contributed by atoms with E-state index in [0.717, 1.165) is 48.5 Å². The molecule has 0 saturated heterocycles. The quantitative estimate of drug-likeness (QED) is 0.360. The lowest BCUT2D eigenvalue weighted by molar-refractivity contribution is -0.385. The fourth-order valence-corrected chi connectivity index (χ4v) is 4.55. The lowest BCUT2D eigenvalue weighted by Crippen LogP contribution is -2.11. The Morgan fingerprint density at radius 1 is 1.11 bits per heavy atom. The second-order valence-electron chi connectivity index (χ2n) is 6.50. The number of rotatable bonds is 5. The smallest absolute Gasteiger partial charge is 0.343 e. The molecule has 0 saturated carbocycles. The molecule has 1 aliphatic carbocycles. The Balaban J connectivity index is 1.74. The van der Waals surface area contributed by atoms with Crippen molar-refractivity contribution in [1.29, 1.82) is 0 Å². The van der Waals surface area contributed by atoms with Crippen molar-refractivity contribution in [3.05, 3.63) is 57.8 Å². The topological polar surface area (TPSA) is 109 Å². The van der Waals surface area contributed by atoms with Gasteiger partial charge in [0.1, 0.15) is 22.8 Å². The van der Waals surface area contributed by atoms with Gasteiger partial charge in [-0.25, -0.2) is 0 Å². The molecular formula is C19H17NO7S. The van der Waals surface area contributed by atoms with Crippen molar-refractivity contribution in [2.75, 3.05) is 7.11 Å². The van der Waals surface area contributed by atoms with Gasteiger partial charge in [-0.3, -0.25) is 10.1 Å². The summed E-state index contributed by atoms with van der Waals surface area (Å²) in [6.07, 6.45) is 3.85. The van der Waals surface area contributed by atoms with Crippen LogP contribution in [0.3, 0.4) is 0 Å². The average molecular weight is 403 g/mol. The third kappa shape index (κ3) is 3.18. The number of furan rings is 1. The van der Waals surface area contributed by atoms with Gasteiger partial charge in [0.15, 0.2) is 4.90 Å². The number of benzene rings is 2. The first-order valence-electron chi connectivity index (χ1n) is 8.70. The van der Waals surface area contributed by atoms with E-state index in [9.17, 15) is 18.5 Å². The summed E-state index contributed by atoms with van der Waals surface area (Å²) in [5, 5.41) is 11.8. The van der Waals surface area contributed by atoms with Crippen LogP contribution in [-0.4, -0.2) is 20.5 Å². The van der Waals surface area contributed by atoms with Crippen molar-refractivity contribution >= 4 is 26.8 Å². The standard InChI is InChI=1S/C19H17NO7S/c1-25-18-8-6-12(20(21)22)10-19(18)28(23,24)27-13-7-9-17-15(11-13)14-4-2-3-5-16(14)26-17/h6-11H,2-5H2,1H3. The van der Waals surface area contributed by atoms with Gasteiger partial charge < -0.3 is 13.3 Å². The van der Waals surface area contributed by atoms with Gasteiger partial charge >= 0.3 is 10.1 Å². The molecule has 0 aliphatic heterocycles. The average Bonchev–Trinajstić information content (AvgIpc) is 3.05. The summed E-state index contributed by atoms with van der Waals surface area (Å²) in [5.74, 6) is 1.00. The molecule has 1 aromatic heterocycles. The van der Waals surface area contributed by atoms with Crippen molar-refractivity contribution in [3.8, 4) is 11.5 Å². The Morgan fingerprint density at radius 2 is 1.89 bits per heavy atom. The molecule has 0 spiro atoms. The summed E-state index contributed by atoms with van der Waals surface area (Å²) < 4.78 is 41.7. The monoisotopic (exact) mass is 403 g/mol. The lowest BCUT2D eigenvalue weighted by atomic mass is 9.96. The molecule has 1 aliphatic rings. The van der Waals surface area contributed by atoms with E-state index < -0.39 is 19.9 Å².